The van der Waals surface area contributed by atoms with Crippen LogP contribution in [0, 0.1) is 5.92 Å². The first-order chi connectivity index (χ1) is 19.3. The Morgan fingerprint density at radius 2 is 1.71 bits per heavy atom. The molecule has 0 unspecified atom stereocenters. The van der Waals surface area contributed by atoms with Crippen molar-refractivity contribution in [3.63, 3.8) is 0 Å². The summed E-state index contributed by atoms with van der Waals surface area (Å²) >= 11 is 0. The number of amides is 1. The fourth-order valence-corrected chi connectivity index (χ4v) is 5.39. The molecule has 0 aromatic heterocycles. The molecule has 0 saturated carbocycles. The molecule has 12 heteroatoms. The maximum Gasteiger partial charge on any atom is 0.412 e. The topological polar surface area (TPSA) is 129 Å². The molecule has 3 atom stereocenters. The zero-order valence-electron chi connectivity index (χ0n) is 26.6. The lowest BCUT2D eigenvalue weighted by atomic mass is 9.92. The molecule has 1 aromatic rings. The van der Waals surface area contributed by atoms with Gasteiger partial charge >= 0.3 is 6.09 Å². The second-order valence-corrected chi connectivity index (χ2v) is 16.1. The number of anilines is 1. The van der Waals surface area contributed by atoms with E-state index in [2.05, 4.69) is 52.7 Å². The number of carbonyl (C=O) groups is 1. The van der Waals surface area contributed by atoms with Crippen LogP contribution in [0.1, 0.15) is 39.7 Å². The van der Waals surface area contributed by atoms with Gasteiger partial charge < -0.3 is 43.3 Å². The van der Waals surface area contributed by atoms with E-state index in [0.717, 1.165) is 0 Å². The first-order valence-electron chi connectivity index (χ1n) is 13.7. The molecular formula is C29H52N2O9Si. The van der Waals surface area contributed by atoms with E-state index in [4.69, 9.17) is 43.3 Å². The molecule has 0 heterocycles. The quantitative estimate of drug-likeness (QED) is 0.122. The highest BCUT2D eigenvalue weighted by atomic mass is 28.4. The third kappa shape index (κ3) is 11.1. The SMILES string of the molecule is C=CCOC(=O)Nc1cc(OCOC)c(OC)c(C[C@H](C)C[C@H](OC)[C@@H](CN)O[Si](C)(C)C(C)(C)C)c1OCOC. The molecule has 0 bridgehead atoms. The summed E-state index contributed by atoms with van der Waals surface area (Å²) in [7, 11) is 4.17. The maximum absolute atomic E-state index is 12.5. The standard InChI is InChI=1S/C29H52N2O9Si/c1-12-13-37-28(32)31-22-16-24(38-18-33-6)27(36-9)21(26(22)39-19-34-7)14-20(2)15-23(35-8)25(17-30)40-41(10,11)29(3,4)5/h12,16,20,23,25H,1,13-15,17-19,30H2,2-11H3,(H,31,32)/t20-,23-,25+/m0/s1. The molecule has 236 valence electrons. The van der Waals surface area contributed by atoms with Gasteiger partial charge in [-0.3, -0.25) is 5.32 Å². The minimum atomic E-state index is -2.09. The van der Waals surface area contributed by atoms with Crippen molar-refractivity contribution < 1.29 is 42.4 Å². The van der Waals surface area contributed by atoms with Crippen molar-refractivity contribution in [2.24, 2.45) is 11.7 Å². The number of methoxy groups -OCH3 is 4. The molecule has 11 nitrogen and oxygen atoms in total. The summed E-state index contributed by atoms with van der Waals surface area (Å²) in [5.41, 5.74) is 7.20. The average molecular weight is 601 g/mol. The Morgan fingerprint density at radius 3 is 2.22 bits per heavy atom. The van der Waals surface area contributed by atoms with E-state index in [1.807, 2.05) is 0 Å². The third-order valence-corrected chi connectivity index (χ3v) is 11.6. The Balaban J connectivity index is 3.48. The van der Waals surface area contributed by atoms with Gasteiger partial charge in [0.15, 0.2) is 39.2 Å². The van der Waals surface area contributed by atoms with Gasteiger partial charge in [0.05, 0.1) is 25.0 Å². The van der Waals surface area contributed by atoms with Crippen molar-refractivity contribution in [2.75, 3.05) is 60.5 Å². The van der Waals surface area contributed by atoms with Crippen LogP contribution in [0.5, 0.6) is 17.2 Å². The molecule has 0 fully saturated rings. The largest absolute Gasteiger partial charge is 0.492 e. The van der Waals surface area contributed by atoms with Gasteiger partial charge in [-0.25, -0.2) is 4.79 Å². The lowest BCUT2D eigenvalue weighted by molar-refractivity contribution is -0.0128. The number of carbonyl (C=O) groups excluding carboxylic acids is 1. The van der Waals surface area contributed by atoms with Gasteiger partial charge in [-0.05, 0) is 36.9 Å². The Bertz CT molecular complexity index is 953. The van der Waals surface area contributed by atoms with Crippen molar-refractivity contribution in [3.8, 4) is 17.2 Å². The third-order valence-electron chi connectivity index (χ3n) is 7.11. The van der Waals surface area contributed by atoms with Crippen LogP contribution in [-0.2, 0) is 29.8 Å². The summed E-state index contributed by atoms with van der Waals surface area (Å²) in [6.45, 7) is 17.0. The van der Waals surface area contributed by atoms with Gasteiger partial charge in [-0.2, -0.15) is 0 Å². The molecule has 0 aliphatic carbocycles. The van der Waals surface area contributed by atoms with Crippen molar-refractivity contribution in [3.05, 3.63) is 24.3 Å². The summed E-state index contributed by atoms with van der Waals surface area (Å²) in [5, 5.41) is 2.76. The normalized spacial score (nSPS) is 14.1. The van der Waals surface area contributed by atoms with E-state index in [9.17, 15) is 4.79 Å². The summed E-state index contributed by atoms with van der Waals surface area (Å²) in [4.78, 5) is 12.5. The number of nitrogens with one attached hydrogen (secondary N) is 1. The number of hydrogen-bond acceptors (Lipinski definition) is 10. The average Bonchev–Trinajstić information content (AvgIpc) is 2.91. The smallest absolute Gasteiger partial charge is 0.412 e. The van der Waals surface area contributed by atoms with E-state index in [-0.39, 0.29) is 43.4 Å². The fraction of sp³-hybridized carbons (Fsp3) is 0.690. The Hall–Kier alpha value is -2.35. The summed E-state index contributed by atoms with van der Waals surface area (Å²) in [6.07, 6.45) is 1.43. The van der Waals surface area contributed by atoms with Gasteiger partial charge in [0.2, 0.25) is 0 Å². The van der Waals surface area contributed by atoms with Crippen LogP contribution < -0.4 is 25.3 Å². The summed E-state index contributed by atoms with van der Waals surface area (Å²) in [6, 6.07) is 1.60. The second kappa shape index (κ2) is 17.6. The minimum absolute atomic E-state index is 0.0291. The first kappa shape index (κ1) is 36.7. The van der Waals surface area contributed by atoms with Gasteiger partial charge in [-0.15, -0.1) is 0 Å². The van der Waals surface area contributed by atoms with Crippen LogP contribution >= 0.6 is 0 Å². The fourth-order valence-electron chi connectivity index (χ4n) is 4.03. The van der Waals surface area contributed by atoms with Crippen molar-refractivity contribution in [2.45, 2.75) is 70.9 Å². The van der Waals surface area contributed by atoms with Crippen molar-refractivity contribution in [1.82, 2.24) is 0 Å². The van der Waals surface area contributed by atoms with E-state index in [1.54, 1.807) is 20.3 Å². The molecular weight excluding hydrogens is 548 g/mol. The van der Waals surface area contributed by atoms with Crippen LogP contribution in [0.25, 0.3) is 0 Å². The van der Waals surface area contributed by atoms with Gasteiger partial charge in [0.1, 0.15) is 6.61 Å². The molecule has 1 rings (SSSR count). The molecule has 0 saturated heterocycles. The van der Waals surface area contributed by atoms with Crippen molar-refractivity contribution in [1.29, 1.82) is 0 Å². The van der Waals surface area contributed by atoms with Crippen LogP contribution in [0.15, 0.2) is 18.7 Å². The number of benzene rings is 1. The zero-order chi connectivity index (χ0) is 31.2. The molecule has 41 heavy (non-hydrogen) atoms. The monoisotopic (exact) mass is 600 g/mol. The molecule has 0 aliphatic heterocycles. The highest BCUT2D eigenvalue weighted by Gasteiger charge is 2.41. The van der Waals surface area contributed by atoms with Crippen LogP contribution in [0.3, 0.4) is 0 Å². The Morgan fingerprint density at radius 1 is 1.07 bits per heavy atom. The number of hydrogen-bond donors (Lipinski definition) is 2. The lowest BCUT2D eigenvalue weighted by Crippen LogP contribution is -2.50. The Labute approximate surface area is 247 Å². The minimum Gasteiger partial charge on any atom is -0.492 e. The summed E-state index contributed by atoms with van der Waals surface area (Å²) in [5.74, 6) is 1.24. The van der Waals surface area contributed by atoms with Gasteiger partial charge in [0, 0.05) is 39.5 Å². The first-order valence-corrected chi connectivity index (χ1v) is 16.6. The highest BCUT2D eigenvalue weighted by Crippen LogP contribution is 2.45. The zero-order valence-corrected chi connectivity index (χ0v) is 27.6. The molecule has 1 aromatic carbocycles. The highest BCUT2D eigenvalue weighted by molar-refractivity contribution is 6.74. The molecule has 0 radical (unpaired) electrons. The van der Waals surface area contributed by atoms with Crippen molar-refractivity contribution >= 4 is 20.1 Å². The van der Waals surface area contributed by atoms with E-state index >= 15 is 0 Å². The molecule has 0 aliphatic rings. The van der Waals surface area contributed by atoms with E-state index in [0.29, 0.717) is 47.9 Å². The number of nitrogens with two attached hydrogens (primary N) is 1. The van der Waals surface area contributed by atoms with Crippen LogP contribution in [0.2, 0.25) is 18.1 Å². The van der Waals surface area contributed by atoms with Gasteiger partial charge in [-0.1, -0.05) is 40.3 Å². The predicted octanol–water partition coefficient (Wildman–Crippen LogP) is 5.33. The summed E-state index contributed by atoms with van der Waals surface area (Å²) < 4.78 is 45.6. The molecule has 1 amide bonds. The number of rotatable bonds is 19. The van der Waals surface area contributed by atoms with E-state index < -0.39 is 14.4 Å². The number of ether oxygens (including phenoxy) is 7. The van der Waals surface area contributed by atoms with E-state index in [1.165, 1.54) is 20.3 Å². The van der Waals surface area contributed by atoms with Crippen LogP contribution in [-0.4, -0.2) is 81.8 Å². The predicted molar refractivity (Wildman–Crippen MR) is 163 cm³/mol. The molecule has 0 spiro atoms. The van der Waals surface area contributed by atoms with Crippen LogP contribution in [0.4, 0.5) is 10.5 Å². The maximum atomic E-state index is 12.5. The second-order valence-electron chi connectivity index (χ2n) is 11.3. The van der Waals surface area contributed by atoms with Gasteiger partial charge in [0.25, 0.3) is 0 Å². The lowest BCUT2D eigenvalue weighted by Gasteiger charge is -2.41. The molecule has 3 N–H and O–H groups in total. The Kier molecular flexibility index (Phi) is 15.7.